The van der Waals surface area contributed by atoms with E-state index < -0.39 is 0 Å². The lowest BCUT2D eigenvalue weighted by Gasteiger charge is -2.23. The standard InChI is InChI=1S/C16H14O4/c1-19-13-6-3-10(4-7-13)14-8-11-2-5-12(17)9-15(11)20-16(14)18/h2-7,9,14,17H,8H2,1H3. The predicted molar refractivity (Wildman–Crippen MR) is 73.2 cm³/mol. The van der Waals surface area contributed by atoms with Crippen LogP contribution in [-0.4, -0.2) is 18.2 Å². The first-order valence-corrected chi connectivity index (χ1v) is 6.35. The van der Waals surface area contributed by atoms with E-state index in [1.54, 1.807) is 19.2 Å². The Morgan fingerprint density at radius 3 is 2.65 bits per heavy atom. The Labute approximate surface area is 116 Å². The van der Waals surface area contributed by atoms with E-state index in [0.717, 1.165) is 16.9 Å². The van der Waals surface area contributed by atoms with Crippen molar-refractivity contribution < 1.29 is 19.4 Å². The number of phenols is 1. The molecule has 0 radical (unpaired) electrons. The number of ether oxygens (including phenoxy) is 2. The Kier molecular flexibility index (Phi) is 3.06. The third kappa shape index (κ3) is 2.20. The van der Waals surface area contributed by atoms with Crippen molar-refractivity contribution in [3.8, 4) is 17.2 Å². The summed E-state index contributed by atoms with van der Waals surface area (Å²) in [6, 6.07) is 12.3. The fourth-order valence-electron chi connectivity index (χ4n) is 2.38. The second-order valence-corrected chi connectivity index (χ2v) is 4.74. The number of methoxy groups -OCH3 is 1. The van der Waals surface area contributed by atoms with E-state index in [1.807, 2.05) is 24.3 Å². The third-order valence-electron chi connectivity index (χ3n) is 3.49. The molecule has 1 aliphatic heterocycles. The summed E-state index contributed by atoms with van der Waals surface area (Å²) >= 11 is 0. The summed E-state index contributed by atoms with van der Waals surface area (Å²) in [4.78, 5) is 12.1. The number of rotatable bonds is 2. The normalized spacial score (nSPS) is 17.2. The average molecular weight is 270 g/mol. The van der Waals surface area contributed by atoms with Crippen molar-refractivity contribution in [3.63, 3.8) is 0 Å². The number of fused-ring (bicyclic) bond motifs is 1. The molecule has 0 fully saturated rings. The average Bonchev–Trinajstić information content (AvgIpc) is 2.46. The number of hydrogen-bond donors (Lipinski definition) is 1. The lowest BCUT2D eigenvalue weighted by molar-refractivity contribution is -0.137. The molecule has 1 aliphatic rings. The molecule has 1 N–H and O–H groups in total. The van der Waals surface area contributed by atoms with Gasteiger partial charge in [0.2, 0.25) is 0 Å². The second-order valence-electron chi connectivity index (χ2n) is 4.74. The first-order valence-electron chi connectivity index (χ1n) is 6.35. The van der Waals surface area contributed by atoms with Crippen LogP contribution in [0.15, 0.2) is 42.5 Å². The van der Waals surface area contributed by atoms with Crippen molar-refractivity contribution in [2.24, 2.45) is 0 Å². The molecule has 3 rings (SSSR count). The van der Waals surface area contributed by atoms with E-state index >= 15 is 0 Å². The molecule has 4 heteroatoms. The first-order chi connectivity index (χ1) is 9.67. The zero-order valence-electron chi connectivity index (χ0n) is 11.0. The summed E-state index contributed by atoms with van der Waals surface area (Å²) in [7, 11) is 1.60. The van der Waals surface area contributed by atoms with Gasteiger partial charge >= 0.3 is 5.97 Å². The highest BCUT2D eigenvalue weighted by molar-refractivity contribution is 5.83. The highest BCUT2D eigenvalue weighted by atomic mass is 16.5. The van der Waals surface area contributed by atoms with Crippen molar-refractivity contribution in [2.45, 2.75) is 12.3 Å². The molecule has 102 valence electrons. The zero-order valence-corrected chi connectivity index (χ0v) is 11.0. The lowest BCUT2D eigenvalue weighted by Crippen LogP contribution is -2.25. The molecular weight excluding hydrogens is 256 g/mol. The minimum absolute atomic E-state index is 0.0967. The third-order valence-corrected chi connectivity index (χ3v) is 3.49. The van der Waals surface area contributed by atoms with Crippen LogP contribution in [-0.2, 0) is 11.2 Å². The minimum atomic E-state index is -0.321. The van der Waals surface area contributed by atoms with Crippen LogP contribution in [0.25, 0.3) is 0 Å². The molecule has 0 aliphatic carbocycles. The quantitative estimate of drug-likeness (QED) is 0.673. The Morgan fingerprint density at radius 1 is 1.20 bits per heavy atom. The number of carbonyl (C=O) groups excluding carboxylic acids is 1. The van der Waals surface area contributed by atoms with E-state index in [9.17, 15) is 9.90 Å². The molecular formula is C16H14O4. The van der Waals surface area contributed by atoms with Gasteiger partial charge in [0.1, 0.15) is 17.2 Å². The number of carbonyl (C=O) groups is 1. The van der Waals surface area contributed by atoms with Gasteiger partial charge in [-0.15, -0.1) is 0 Å². The molecule has 0 saturated heterocycles. The predicted octanol–water partition coefficient (Wildman–Crippen LogP) is 2.65. The van der Waals surface area contributed by atoms with E-state index in [1.165, 1.54) is 6.07 Å². The van der Waals surface area contributed by atoms with Crippen LogP contribution in [0.5, 0.6) is 17.2 Å². The van der Waals surface area contributed by atoms with Gasteiger partial charge < -0.3 is 14.6 Å². The molecule has 1 atom stereocenters. The molecule has 2 aromatic rings. The van der Waals surface area contributed by atoms with E-state index in [2.05, 4.69) is 0 Å². The molecule has 0 spiro atoms. The van der Waals surface area contributed by atoms with Gasteiger partial charge in [-0.25, -0.2) is 0 Å². The maximum absolute atomic E-state index is 12.1. The number of hydrogen-bond acceptors (Lipinski definition) is 4. The molecule has 0 amide bonds. The highest BCUT2D eigenvalue weighted by Gasteiger charge is 2.29. The smallest absolute Gasteiger partial charge is 0.319 e. The topological polar surface area (TPSA) is 55.8 Å². The van der Waals surface area contributed by atoms with Gasteiger partial charge in [-0.1, -0.05) is 18.2 Å². The maximum atomic E-state index is 12.1. The number of aromatic hydroxyl groups is 1. The zero-order chi connectivity index (χ0) is 14.1. The number of benzene rings is 2. The van der Waals surface area contributed by atoms with Crippen LogP contribution in [0.3, 0.4) is 0 Å². The van der Waals surface area contributed by atoms with Crippen LogP contribution in [0.2, 0.25) is 0 Å². The van der Waals surface area contributed by atoms with Gasteiger partial charge in [-0.2, -0.15) is 0 Å². The molecule has 0 aromatic heterocycles. The molecule has 0 bridgehead atoms. The second kappa shape index (κ2) is 4.89. The van der Waals surface area contributed by atoms with Gasteiger partial charge in [0, 0.05) is 6.07 Å². The maximum Gasteiger partial charge on any atom is 0.319 e. The summed E-state index contributed by atoms with van der Waals surface area (Å²) in [5.41, 5.74) is 1.82. The van der Waals surface area contributed by atoms with E-state index in [4.69, 9.17) is 9.47 Å². The Morgan fingerprint density at radius 2 is 1.95 bits per heavy atom. The number of phenolic OH excluding ortho intramolecular Hbond substituents is 1. The van der Waals surface area contributed by atoms with Crippen molar-refractivity contribution in [3.05, 3.63) is 53.6 Å². The molecule has 1 unspecified atom stereocenters. The van der Waals surface area contributed by atoms with Crippen LogP contribution >= 0.6 is 0 Å². The van der Waals surface area contributed by atoms with E-state index in [0.29, 0.717) is 12.2 Å². The van der Waals surface area contributed by atoms with Gasteiger partial charge in [0.15, 0.2) is 0 Å². The minimum Gasteiger partial charge on any atom is -0.508 e. The van der Waals surface area contributed by atoms with Crippen molar-refractivity contribution >= 4 is 5.97 Å². The van der Waals surface area contributed by atoms with Gasteiger partial charge in [0.25, 0.3) is 0 Å². The largest absolute Gasteiger partial charge is 0.508 e. The number of esters is 1. The molecule has 1 heterocycles. The van der Waals surface area contributed by atoms with Crippen molar-refractivity contribution in [2.75, 3.05) is 7.11 Å². The van der Waals surface area contributed by atoms with Crippen molar-refractivity contribution in [1.82, 2.24) is 0 Å². The van der Waals surface area contributed by atoms with Crippen LogP contribution < -0.4 is 9.47 Å². The van der Waals surface area contributed by atoms with Crippen molar-refractivity contribution in [1.29, 1.82) is 0 Å². The van der Waals surface area contributed by atoms with Gasteiger partial charge in [-0.3, -0.25) is 4.79 Å². The molecule has 2 aromatic carbocycles. The SMILES string of the molecule is COc1ccc(C2Cc3ccc(O)cc3OC2=O)cc1. The summed E-state index contributed by atoms with van der Waals surface area (Å²) in [6.45, 7) is 0. The molecule has 20 heavy (non-hydrogen) atoms. The van der Waals surface area contributed by atoms with Crippen LogP contribution in [0.4, 0.5) is 0 Å². The first kappa shape index (κ1) is 12.5. The van der Waals surface area contributed by atoms with Gasteiger partial charge in [0.05, 0.1) is 13.0 Å². The highest BCUT2D eigenvalue weighted by Crippen LogP contribution is 2.35. The van der Waals surface area contributed by atoms with E-state index in [-0.39, 0.29) is 17.6 Å². The lowest BCUT2D eigenvalue weighted by atomic mass is 9.89. The summed E-state index contributed by atoms with van der Waals surface area (Å²) < 4.78 is 10.4. The van der Waals surface area contributed by atoms with Gasteiger partial charge in [-0.05, 0) is 35.7 Å². The molecule has 0 saturated carbocycles. The Bertz CT molecular complexity index is 646. The fraction of sp³-hybridized carbons (Fsp3) is 0.188. The Hall–Kier alpha value is -2.49. The van der Waals surface area contributed by atoms with Crippen LogP contribution in [0, 0.1) is 0 Å². The Balaban J connectivity index is 1.91. The summed E-state index contributed by atoms with van der Waals surface area (Å²) in [6.07, 6.45) is 0.570. The fourth-order valence-corrected chi connectivity index (χ4v) is 2.38. The molecule has 4 nitrogen and oxygen atoms in total. The summed E-state index contributed by atoms with van der Waals surface area (Å²) in [5, 5.41) is 9.41. The monoisotopic (exact) mass is 270 g/mol. The summed E-state index contributed by atoms with van der Waals surface area (Å²) in [5.74, 6) is 0.675. The van der Waals surface area contributed by atoms with Crippen LogP contribution in [0.1, 0.15) is 17.0 Å².